The summed E-state index contributed by atoms with van der Waals surface area (Å²) in [4.78, 5) is 24.8. The number of nitrogens with zero attached hydrogens (tertiary/aromatic N) is 2. The molecule has 0 unspecified atom stereocenters. The largest absolute Gasteiger partial charge is 0.381 e. The first kappa shape index (κ1) is 21.7. The van der Waals surface area contributed by atoms with Crippen molar-refractivity contribution in [1.29, 1.82) is 0 Å². The molecule has 0 aliphatic heterocycles. The molecule has 0 fully saturated rings. The Morgan fingerprint density at radius 3 is 2.79 bits per heavy atom. The Morgan fingerprint density at radius 2 is 1.97 bits per heavy atom. The fourth-order valence-corrected chi connectivity index (χ4v) is 5.03. The van der Waals surface area contributed by atoms with Gasteiger partial charge >= 0.3 is 0 Å². The van der Waals surface area contributed by atoms with Gasteiger partial charge in [-0.25, -0.2) is 9.97 Å². The van der Waals surface area contributed by atoms with Crippen LogP contribution in [0.1, 0.15) is 47.0 Å². The lowest BCUT2D eigenvalue weighted by Gasteiger charge is -2.10. The number of rotatable bonds is 10. The average Bonchev–Trinajstić information content (AvgIpc) is 3.02. The van der Waals surface area contributed by atoms with Gasteiger partial charge in [-0.1, -0.05) is 37.2 Å². The summed E-state index contributed by atoms with van der Waals surface area (Å²) in [5.74, 6) is -0.0646. The molecule has 29 heavy (non-hydrogen) atoms. The molecule has 1 N–H and O–H groups in total. The maximum atomic E-state index is 12.7. The Labute approximate surface area is 180 Å². The highest BCUT2D eigenvalue weighted by atomic mass is 32.2. The third-order valence-electron chi connectivity index (χ3n) is 4.66. The van der Waals surface area contributed by atoms with Crippen LogP contribution in [-0.4, -0.2) is 35.6 Å². The zero-order chi connectivity index (χ0) is 20.6. The van der Waals surface area contributed by atoms with Crippen LogP contribution >= 0.6 is 23.1 Å². The molecular weight excluding hydrogens is 402 g/mol. The minimum Gasteiger partial charge on any atom is -0.381 e. The number of benzene rings is 1. The van der Waals surface area contributed by atoms with E-state index >= 15 is 0 Å². The van der Waals surface area contributed by atoms with Crippen molar-refractivity contribution in [2.45, 2.75) is 50.0 Å². The number of amides is 1. The van der Waals surface area contributed by atoms with Crippen LogP contribution in [0.25, 0.3) is 10.2 Å². The monoisotopic (exact) mass is 429 g/mol. The Hall–Kier alpha value is -1.96. The molecule has 0 aliphatic rings. The standard InChI is InChI=1S/C22H27N3O2S2/c1-4-5-12-27-13-8-11-23-20(26)17-9-6-7-10-18(17)29-22-19-15(2)16(3)28-21(19)24-14-25-22/h6-7,9-10,14H,4-5,8,11-13H2,1-3H3,(H,23,26). The second-order valence-corrected chi connectivity index (χ2v) is 9.05. The number of thiophene rings is 1. The van der Waals surface area contributed by atoms with Crippen LogP contribution in [0, 0.1) is 13.8 Å². The van der Waals surface area contributed by atoms with Gasteiger partial charge in [0.25, 0.3) is 5.91 Å². The zero-order valence-corrected chi connectivity index (χ0v) is 18.8. The summed E-state index contributed by atoms with van der Waals surface area (Å²) < 4.78 is 5.55. The van der Waals surface area contributed by atoms with E-state index in [-0.39, 0.29) is 5.91 Å². The molecule has 2 aromatic heterocycles. The molecule has 0 bridgehead atoms. The highest BCUT2D eigenvalue weighted by Gasteiger charge is 2.16. The van der Waals surface area contributed by atoms with Gasteiger partial charge in [0, 0.05) is 34.9 Å². The molecule has 7 heteroatoms. The number of carbonyl (C=O) groups excluding carboxylic acids is 1. The minimum absolute atomic E-state index is 0.0646. The second kappa shape index (κ2) is 10.7. The van der Waals surface area contributed by atoms with Gasteiger partial charge in [-0.15, -0.1) is 11.3 Å². The second-order valence-electron chi connectivity index (χ2n) is 6.82. The van der Waals surface area contributed by atoms with E-state index in [2.05, 4.69) is 36.1 Å². The maximum absolute atomic E-state index is 12.7. The number of unbranched alkanes of at least 4 members (excludes halogenated alkanes) is 1. The van der Waals surface area contributed by atoms with Crippen molar-refractivity contribution >= 4 is 39.2 Å². The number of carbonyl (C=O) groups is 1. The first-order valence-corrected chi connectivity index (χ1v) is 11.6. The first-order chi connectivity index (χ1) is 14.1. The van der Waals surface area contributed by atoms with Crippen LogP contribution in [-0.2, 0) is 4.74 Å². The van der Waals surface area contributed by atoms with Crippen LogP contribution in [0.2, 0.25) is 0 Å². The van der Waals surface area contributed by atoms with E-state index in [1.165, 1.54) is 22.2 Å². The van der Waals surface area contributed by atoms with Gasteiger partial charge in [0.05, 0.1) is 5.56 Å². The Bertz CT molecular complexity index is 972. The van der Waals surface area contributed by atoms with Gasteiger partial charge in [0.15, 0.2) is 0 Å². The predicted octanol–water partition coefficient (Wildman–Crippen LogP) is 5.40. The third-order valence-corrected chi connectivity index (χ3v) is 6.86. The lowest BCUT2D eigenvalue weighted by molar-refractivity contribution is 0.0937. The van der Waals surface area contributed by atoms with Crippen LogP contribution < -0.4 is 5.32 Å². The summed E-state index contributed by atoms with van der Waals surface area (Å²) in [6, 6.07) is 7.67. The Balaban J connectivity index is 1.67. The number of fused-ring (bicyclic) bond motifs is 1. The highest BCUT2D eigenvalue weighted by Crippen LogP contribution is 2.38. The summed E-state index contributed by atoms with van der Waals surface area (Å²) >= 11 is 3.20. The molecule has 3 aromatic rings. The number of aryl methyl sites for hydroxylation is 2. The van der Waals surface area contributed by atoms with Crippen molar-refractivity contribution in [2.24, 2.45) is 0 Å². The van der Waals surface area contributed by atoms with Crippen molar-refractivity contribution in [1.82, 2.24) is 15.3 Å². The van der Waals surface area contributed by atoms with E-state index < -0.39 is 0 Å². The molecule has 0 radical (unpaired) electrons. The minimum atomic E-state index is -0.0646. The van der Waals surface area contributed by atoms with Gasteiger partial charge < -0.3 is 10.1 Å². The first-order valence-electron chi connectivity index (χ1n) is 9.95. The van der Waals surface area contributed by atoms with Crippen molar-refractivity contribution < 1.29 is 9.53 Å². The van der Waals surface area contributed by atoms with Crippen molar-refractivity contribution in [3.05, 3.63) is 46.6 Å². The number of aromatic nitrogens is 2. The van der Waals surface area contributed by atoms with Crippen LogP contribution in [0.3, 0.4) is 0 Å². The van der Waals surface area contributed by atoms with Crippen molar-refractivity contribution in [3.63, 3.8) is 0 Å². The summed E-state index contributed by atoms with van der Waals surface area (Å²) in [5.41, 5.74) is 1.87. The van der Waals surface area contributed by atoms with Crippen molar-refractivity contribution in [2.75, 3.05) is 19.8 Å². The summed E-state index contributed by atoms with van der Waals surface area (Å²) in [5, 5.41) is 4.98. The highest BCUT2D eigenvalue weighted by molar-refractivity contribution is 7.99. The third kappa shape index (κ3) is 5.56. The lowest BCUT2D eigenvalue weighted by atomic mass is 10.2. The molecule has 0 aliphatic carbocycles. The molecule has 1 aromatic carbocycles. The number of ether oxygens (including phenoxy) is 1. The number of nitrogens with one attached hydrogen (secondary N) is 1. The summed E-state index contributed by atoms with van der Waals surface area (Å²) in [6.07, 6.45) is 4.62. The fraction of sp³-hybridized carbons (Fsp3) is 0.409. The lowest BCUT2D eigenvalue weighted by Crippen LogP contribution is -2.25. The van der Waals surface area contributed by atoms with Gasteiger partial charge in [-0.2, -0.15) is 0 Å². The smallest absolute Gasteiger partial charge is 0.252 e. The average molecular weight is 430 g/mol. The molecule has 0 saturated heterocycles. The predicted molar refractivity (Wildman–Crippen MR) is 120 cm³/mol. The number of hydrogen-bond donors (Lipinski definition) is 1. The summed E-state index contributed by atoms with van der Waals surface area (Å²) in [6.45, 7) is 8.41. The van der Waals surface area contributed by atoms with Gasteiger partial charge in [0.1, 0.15) is 16.2 Å². The maximum Gasteiger partial charge on any atom is 0.252 e. The van der Waals surface area contributed by atoms with E-state index in [1.54, 1.807) is 17.7 Å². The van der Waals surface area contributed by atoms with Gasteiger partial charge in [-0.3, -0.25) is 4.79 Å². The topological polar surface area (TPSA) is 64.1 Å². The molecule has 0 spiro atoms. The van der Waals surface area contributed by atoms with E-state index in [0.29, 0.717) is 18.7 Å². The zero-order valence-electron chi connectivity index (χ0n) is 17.2. The van der Waals surface area contributed by atoms with Crippen LogP contribution in [0.4, 0.5) is 0 Å². The van der Waals surface area contributed by atoms with E-state index in [1.807, 2.05) is 24.3 Å². The van der Waals surface area contributed by atoms with Crippen LogP contribution in [0.5, 0.6) is 0 Å². The SMILES string of the molecule is CCCCOCCCNC(=O)c1ccccc1Sc1ncnc2sc(C)c(C)c12. The Morgan fingerprint density at radius 1 is 1.17 bits per heavy atom. The molecule has 2 heterocycles. The molecular formula is C22H27N3O2S2. The Kier molecular flexibility index (Phi) is 8.03. The molecule has 5 nitrogen and oxygen atoms in total. The van der Waals surface area contributed by atoms with Crippen LogP contribution in [0.15, 0.2) is 40.5 Å². The molecule has 0 saturated carbocycles. The quantitative estimate of drug-likeness (QED) is 0.345. The van der Waals surface area contributed by atoms with E-state index in [4.69, 9.17) is 4.74 Å². The molecule has 0 atom stereocenters. The number of hydrogen-bond acceptors (Lipinski definition) is 6. The normalized spacial score (nSPS) is 11.1. The van der Waals surface area contributed by atoms with Crippen molar-refractivity contribution in [3.8, 4) is 0 Å². The van der Waals surface area contributed by atoms with E-state index in [0.717, 1.165) is 46.0 Å². The molecule has 154 valence electrons. The van der Waals surface area contributed by atoms with Gasteiger partial charge in [0.2, 0.25) is 0 Å². The van der Waals surface area contributed by atoms with Gasteiger partial charge in [-0.05, 0) is 44.4 Å². The summed E-state index contributed by atoms with van der Waals surface area (Å²) in [7, 11) is 0. The fourth-order valence-electron chi connectivity index (χ4n) is 2.89. The molecule has 1 amide bonds. The molecule has 3 rings (SSSR count). The van der Waals surface area contributed by atoms with E-state index in [9.17, 15) is 4.79 Å².